The molecule has 0 aliphatic heterocycles. The lowest BCUT2D eigenvalue weighted by atomic mass is 10.4. The van der Waals surface area contributed by atoms with Gasteiger partial charge in [-0.2, -0.15) is 5.10 Å². The Morgan fingerprint density at radius 1 is 1.50 bits per heavy atom. The number of nitrogens with two attached hydrogens (primary N) is 1. The highest BCUT2D eigenvalue weighted by Crippen LogP contribution is 2.10. The van der Waals surface area contributed by atoms with E-state index in [0.717, 1.165) is 15.9 Å². The number of hydrogen-bond donors (Lipinski definition) is 1. The number of imidazole rings is 1. The third-order valence-electron chi connectivity index (χ3n) is 1.59. The van der Waals surface area contributed by atoms with Crippen molar-refractivity contribution in [3.05, 3.63) is 28.6 Å². The van der Waals surface area contributed by atoms with Gasteiger partial charge in [0.15, 0.2) is 5.65 Å². The van der Waals surface area contributed by atoms with Crippen molar-refractivity contribution in [2.75, 3.05) is 0 Å². The minimum absolute atomic E-state index is 0.445. The molecule has 0 aliphatic carbocycles. The molecular formula is C7H7BrN4. The molecule has 0 aliphatic rings. The predicted molar refractivity (Wildman–Crippen MR) is 48.6 cm³/mol. The Morgan fingerprint density at radius 3 is 3.08 bits per heavy atom. The Labute approximate surface area is 77.5 Å². The molecule has 2 aromatic heterocycles. The van der Waals surface area contributed by atoms with Gasteiger partial charge in [0.25, 0.3) is 0 Å². The third-order valence-corrected chi connectivity index (χ3v) is 2.13. The van der Waals surface area contributed by atoms with Gasteiger partial charge in [-0.25, -0.2) is 9.50 Å². The molecule has 2 N–H and O–H groups in total. The SMILES string of the molecule is NCc1ccc2ncc(Br)n2n1. The average molecular weight is 227 g/mol. The molecule has 0 saturated carbocycles. The standard InChI is InChI=1S/C7H7BrN4/c8-6-4-10-7-2-1-5(3-9)11-12(6)7/h1-2,4H,3,9H2. The molecule has 5 heteroatoms. The number of halogens is 1. The van der Waals surface area contributed by atoms with Gasteiger partial charge >= 0.3 is 0 Å². The fourth-order valence-electron chi connectivity index (χ4n) is 0.992. The lowest BCUT2D eigenvalue weighted by Crippen LogP contribution is -2.03. The van der Waals surface area contributed by atoms with Gasteiger partial charge < -0.3 is 5.73 Å². The number of nitrogens with zero attached hydrogens (tertiary/aromatic N) is 3. The number of fused-ring (bicyclic) bond motifs is 1. The van der Waals surface area contributed by atoms with E-state index in [0.29, 0.717) is 6.54 Å². The van der Waals surface area contributed by atoms with Gasteiger partial charge in [-0.3, -0.25) is 0 Å². The maximum Gasteiger partial charge on any atom is 0.154 e. The summed E-state index contributed by atoms with van der Waals surface area (Å²) in [7, 11) is 0. The van der Waals surface area contributed by atoms with E-state index in [4.69, 9.17) is 5.73 Å². The molecule has 0 amide bonds. The fourth-order valence-corrected chi connectivity index (χ4v) is 1.36. The molecule has 0 bridgehead atoms. The minimum Gasteiger partial charge on any atom is -0.325 e. The van der Waals surface area contributed by atoms with Crippen LogP contribution in [-0.4, -0.2) is 14.6 Å². The van der Waals surface area contributed by atoms with Crippen LogP contribution in [-0.2, 0) is 6.54 Å². The smallest absolute Gasteiger partial charge is 0.154 e. The van der Waals surface area contributed by atoms with Crippen molar-refractivity contribution in [2.24, 2.45) is 5.73 Å². The first-order valence-electron chi connectivity index (χ1n) is 3.50. The molecule has 2 aromatic rings. The minimum atomic E-state index is 0.445. The number of rotatable bonds is 1. The zero-order valence-electron chi connectivity index (χ0n) is 6.24. The third kappa shape index (κ3) is 1.11. The van der Waals surface area contributed by atoms with Gasteiger partial charge in [-0.15, -0.1) is 0 Å². The summed E-state index contributed by atoms with van der Waals surface area (Å²) in [4.78, 5) is 4.11. The summed E-state index contributed by atoms with van der Waals surface area (Å²) >= 11 is 3.33. The average Bonchev–Trinajstić information content (AvgIpc) is 2.47. The summed E-state index contributed by atoms with van der Waals surface area (Å²) in [5.74, 6) is 0. The summed E-state index contributed by atoms with van der Waals surface area (Å²) in [6.07, 6.45) is 1.71. The molecule has 2 heterocycles. The monoisotopic (exact) mass is 226 g/mol. The molecule has 12 heavy (non-hydrogen) atoms. The lowest BCUT2D eigenvalue weighted by molar-refractivity contribution is 0.837. The Balaban J connectivity index is 2.71. The van der Waals surface area contributed by atoms with Gasteiger partial charge in [0.2, 0.25) is 0 Å². The topological polar surface area (TPSA) is 56.2 Å². The van der Waals surface area contributed by atoms with E-state index in [1.807, 2.05) is 12.1 Å². The molecule has 0 aromatic carbocycles. The van der Waals surface area contributed by atoms with Crippen molar-refractivity contribution >= 4 is 21.6 Å². The van der Waals surface area contributed by atoms with Crippen molar-refractivity contribution in [3.8, 4) is 0 Å². The Bertz CT molecular complexity index is 409. The zero-order valence-corrected chi connectivity index (χ0v) is 7.82. The molecular weight excluding hydrogens is 220 g/mol. The van der Waals surface area contributed by atoms with Gasteiger partial charge in [0.05, 0.1) is 11.9 Å². The van der Waals surface area contributed by atoms with Crippen LogP contribution in [0, 0.1) is 0 Å². The van der Waals surface area contributed by atoms with Crippen LogP contribution in [0.2, 0.25) is 0 Å². The summed E-state index contributed by atoms with van der Waals surface area (Å²) in [5.41, 5.74) is 7.12. The second-order valence-corrected chi connectivity index (χ2v) is 3.19. The Morgan fingerprint density at radius 2 is 2.33 bits per heavy atom. The second kappa shape index (κ2) is 2.84. The van der Waals surface area contributed by atoms with Gasteiger partial charge in [0.1, 0.15) is 4.60 Å². The van der Waals surface area contributed by atoms with Crippen molar-refractivity contribution in [1.29, 1.82) is 0 Å². The van der Waals surface area contributed by atoms with Gasteiger partial charge in [-0.1, -0.05) is 0 Å². The van der Waals surface area contributed by atoms with E-state index < -0.39 is 0 Å². The number of aromatic nitrogens is 3. The number of hydrogen-bond acceptors (Lipinski definition) is 3. The van der Waals surface area contributed by atoms with Crippen LogP contribution in [0.1, 0.15) is 5.69 Å². The molecule has 2 rings (SSSR count). The Kier molecular flexibility index (Phi) is 1.82. The van der Waals surface area contributed by atoms with Gasteiger partial charge in [-0.05, 0) is 28.1 Å². The molecule has 4 nitrogen and oxygen atoms in total. The zero-order chi connectivity index (χ0) is 8.55. The van der Waals surface area contributed by atoms with E-state index in [2.05, 4.69) is 26.0 Å². The Hall–Kier alpha value is -0.940. The van der Waals surface area contributed by atoms with Crippen molar-refractivity contribution in [3.63, 3.8) is 0 Å². The fraction of sp³-hybridized carbons (Fsp3) is 0.143. The van der Waals surface area contributed by atoms with Crippen molar-refractivity contribution in [1.82, 2.24) is 14.6 Å². The van der Waals surface area contributed by atoms with E-state index in [-0.39, 0.29) is 0 Å². The predicted octanol–water partition coefficient (Wildman–Crippen LogP) is 0.950. The lowest BCUT2D eigenvalue weighted by Gasteiger charge is -1.97. The second-order valence-electron chi connectivity index (χ2n) is 2.38. The first kappa shape index (κ1) is 7.70. The summed E-state index contributed by atoms with van der Waals surface area (Å²) in [6, 6.07) is 3.76. The van der Waals surface area contributed by atoms with Crippen LogP contribution < -0.4 is 5.73 Å². The van der Waals surface area contributed by atoms with Crippen LogP contribution in [0.4, 0.5) is 0 Å². The molecule has 0 saturated heterocycles. The van der Waals surface area contributed by atoms with Crippen LogP contribution in [0.5, 0.6) is 0 Å². The molecule has 0 unspecified atom stereocenters. The highest BCUT2D eigenvalue weighted by Gasteiger charge is 2.00. The quantitative estimate of drug-likeness (QED) is 0.788. The maximum absolute atomic E-state index is 5.45. The van der Waals surface area contributed by atoms with Crippen LogP contribution in [0.15, 0.2) is 22.9 Å². The van der Waals surface area contributed by atoms with E-state index in [1.165, 1.54) is 0 Å². The van der Waals surface area contributed by atoms with Crippen molar-refractivity contribution < 1.29 is 0 Å². The van der Waals surface area contributed by atoms with Crippen LogP contribution in [0.25, 0.3) is 5.65 Å². The largest absolute Gasteiger partial charge is 0.325 e. The normalized spacial score (nSPS) is 10.8. The highest BCUT2D eigenvalue weighted by atomic mass is 79.9. The van der Waals surface area contributed by atoms with Crippen LogP contribution >= 0.6 is 15.9 Å². The summed E-state index contributed by atoms with van der Waals surface area (Å²) in [6.45, 7) is 0.445. The maximum atomic E-state index is 5.45. The highest BCUT2D eigenvalue weighted by molar-refractivity contribution is 9.10. The molecule has 0 spiro atoms. The first-order valence-corrected chi connectivity index (χ1v) is 4.30. The summed E-state index contributed by atoms with van der Waals surface area (Å²) < 4.78 is 2.55. The van der Waals surface area contributed by atoms with Crippen LogP contribution in [0.3, 0.4) is 0 Å². The van der Waals surface area contributed by atoms with Gasteiger partial charge in [0, 0.05) is 6.54 Å². The van der Waals surface area contributed by atoms with E-state index >= 15 is 0 Å². The van der Waals surface area contributed by atoms with E-state index in [9.17, 15) is 0 Å². The molecule has 0 radical (unpaired) electrons. The molecule has 0 fully saturated rings. The molecule has 62 valence electrons. The van der Waals surface area contributed by atoms with Crippen molar-refractivity contribution in [2.45, 2.75) is 6.54 Å². The first-order chi connectivity index (χ1) is 5.81. The summed E-state index contributed by atoms with van der Waals surface area (Å²) in [5, 5.41) is 4.24. The molecule has 0 atom stereocenters. The van der Waals surface area contributed by atoms with E-state index in [1.54, 1.807) is 10.7 Å².